The fraction of sp³-hybridized carbons (Fsp3) is 0.455. The molecule has 1 aliphatic rings. The molecule has 2 rings (SSSR count). The van der Waals surface area contributed by atoms with Crippen LogP contribution >= 0.6 is 11.6 Å². The standard InChI is InChI=1S/C11H14ClN/c12-10-5-3-9(4-6-10)8-11-2-1-7-13-11/h3-6,11,13H,1-2,7-8H2. The predicted octanol–water partition coefficient (Wildman–Crippen LogP) is 2.63. The van der Waals surface area contributed by atoms with E-state index < -0.39 is 0 Å². The maximum Gasteiger partial charge on any atom is 0.0406 e. The molecule has 1 N–H and O–H groups in total. The molecular weight excluding hydrogens is 182 g/mol. The summed E-state index contributed by atoms with van der Waals surface area (Å²) in [6, 6.07) is 8.84. The second kappa shape index (κ2) is 4.12. The molecule has 1 aliphatic heterocycles. The summed E-state index contributed by atoms with van der Waals surface area (Å²) >= 11 is 5.81. The van der Waals surface area contributed by atoms with Crippen molar-refractivity contribution in [2.75, 3.05) is 6.54 Å². The largest absolute Gasteiger partial charge is 0.314 e. The van der Waals surface area contributed by atoms with Gasteiger partial charge in [0.05, 0.1) is 0 Å². The maximum absolute atomic E-state index is 5.81. The number of nitrogens with one attached hydrogen (secondary N) is 1. The molecule has 0 spiro atoms. The Bertz CT molecular complexity index is 262. The summed E-state index contributed by atoms with van der Waals surface area (Å²) in [5.41, 5.74) is 1.38. The van der Waals surface area contributed by atoms with E-state index in [1.54, 1.807) is 0 Å². The van der Waals surface area contributed by atoms with Crippen LogP contribution in [-0.2, 0) is 6.42 Å². The van der Waals surface area contributed by atoms with Crippen LogP contribution in [0.2, 0.25) is 5.02 Å². The molecule has 0 aliphatic carbocycles. The number of halogens is 1. The second-order valence-electron chi connectivity index (χ2n) is 3.62. The summed E-state index contributed by atoms with van der Waals surface area (Å²) in [5, 5.41) is 4.31. The highest BCUT2D eigenvalue weighted by molar-refractivity contribution is 6.30. The Labute approximate surface area is 84.1 Å². The molecule has 0 amide bonds. The van der Waals surface area contributed by atoms with Gasteiger partial charge < -0.3 is 5.32 Å². The molecule has 0 saturated carbocycles. The number of rotatable bonds is 2. The Balaban J connectivity index is 1.97. The van der Waals surface area contributed by atoms with Gasteiger partial charge in [-0.3, -0.25) is 0 Å². The Kier molecular flexibility index (Phi) is 2.87. The van der Waals surface area contributed by atoms with E-state index in [4.69, 9.17) is 11.6 Å². The summed E-state index contributed by atoms with van der Waals surface area (Å²) in [6.45, 7) is 1.18. The zero-order valence-electron chi connectivity index (χ0n) is 7.59. The van der Waals surface area contributed by atoms with Crippen molar-refractivity contribution in [3.8, 4) is 0 Å². The van der Waals surface area contributed by atoms with Crippen molar-refractivity contribution >= 4 is 11.6 Å². The first-order valence-electron chi connectivity index (χ1n) is 4.82. The van der Waals surface area contributed by atoms with Crippen molar-refractivity contribution in [2.24, 2.45) is 0 Å². The Hall–Kier alpha value is -0.530. The highest BCUT2D eigenvalue weighted by Crippen LogP contribution is 2.14. The normalized spacial score (nSPS) is 22.1. The van der Waals surface area contributed by atoms with E-state index in [2.05, 4.69) is 17.4 Å². The molecule has 1 saturated heterocycles. The van der Waals surface area contributed by atoms with Crippen LogP contribution in [0, 0.1) is 0 Å². The molecule has 2 heteroatoms. The summed E-state index contributed by atoms with van der Waals surface area (Å²) in [4.78, 5) is 0. The highest BCUT2D eigenvalue weighted by atomic mass is 35.5. The second-order valence-corrected chi connectivity index (χ2v) is 4.06. The van der Waals surface area contributed by atoms with Crippen LogP contribution in [0.15, 0.2) is 24.3 Å². The zero-order valence-corrected chi connectivity index (χ0v) is 8.35. The van der Waals surface area contributed by atoms with E-state index in [0.717, 1.165) is 11.4 Å². The van der Waals surface area contributed by atoms with Crippen LogP contribution in [0.1, 0.15) is 18.4 Å². The van der Waals surface area contributed by atoms with Crippen LogP contribution in [0.25, 0.3) is 0 Å². The number of benzene rings is 1. The molecule has 1 aromatic rings. The maximum atomic E-state index is 5.81. The first kappa shape index (κ1) is 9.04. The van der Waals surface area contributed by atoms with Crippen LogP contribution < -0.4 is 5.32 Å². The lowest BCUT2D eigenvalue weighted by Crippen LogP contribution is -2.23. The SMILES string of the molecule is Clc1ccc(CC2CCCN2)cc1. The van der Waals surface area contributed by atoms with Crippen LogP contribution in [0.3, 0.4) is 0 Å². The Morgan fingerprint density at radius 1 is 1.31 bits per heavy atom. The molecule has 1 fully saturated rings. The van der Waals surface area contributed by atoms with Gasteiger partial charge in [-0.25, -0.2) is 0 Å². The van der Waals surface area contributed by atoms with E-state index >= 15 is 0 Å². The molecule has 1 atom stereocenters. The van der Waals surface area contributed by atoms with E-state index in [-0.39, 0.29) is 0 Å². The minimum atomic E-state index is 0.682. The first-order valence-corrected chi connectivity index (χ1v) is 5.20. The lowest BCUT2D eigenvalue weighted by atomic mass is 10.1. The van der Waals surface area contributed by atoms with Crippen molar-refractivity contribution in [3.63, 3.8) is 0 Å². The summed E-state index contributed by atoms with van der Waals surface area (Å²) in [6.07, 6.45) is 3.76. The minimum Gasteiger partial charge on any atom is -0.314 e. The third-order valence-electron chi connectivity index (χ3n) is 2.56. The average molecular weight is 196 g/mol. The lowest BCUT2D eigenvalue weighted by molar-refractivity contribution is 0.603. The summed E-state index contributed by atoms with van der Waals surface area (Å²) < 4.78 is 0. The van der Waals surface area contributed by atoms with Gasteiger partial charge >= 0.3 is 0 Å². The smallest absolute Gasteiger partial charge is 0.0406 e. The molecule has 0 radical (unpaired) electrons. The van der Waals surface area contributed by atoms with Gasteiger partial charge in [-0.15, -0.1) is 0 Å². The monoisotopic (exact) mass is 195 g/mol. The van der Waals surface area contributed by atoms with Gasteiger partial charge in [-0.05, 0) is 43.5 Å². The van der Waals surface area contributed by atoms with Crippen molar-refractivity contribution in [3.05, 3.63) is 34.9 Å². The van der Waals surface area contributed by atoms with Crippen molar-refractivity contribution < 1.29 is 0 Å². The van der Waals surface area contributed by atoms with E-state index in [9.17, 15) is 0 Å². The number of hydrogen-bond acceptors (Lipinski definition) is 1. The zero-order chi connectivity index (χ0) is 9.10. The minimum absolute atomic E-state index is 0.682. The van der Waals surface area contributed by atoms with Gasteiger partial charge in [0.15, 0.2) is 0 Å². The molecule has 13 heavy (non-hydrogen) atoms. The Morgan fingerprint density at radius 3 is 2.69 bits per heavy atom. The molecule has 70 valence electrons. The van der Waals surface area contributed by atoms with Crippen LogP contribution in [0.5, 0.6) is 0 Å². The molecular formula is C11H14ClN. The quantitative estimate of drug-likeness (QED) is 0.765. The third kappa shape index (κ3) is 2.45. The molecule has 1 unspecified atom stereocenters. The van der Waals surface area contributed by atoms with Crippen molar-refractivity contribution in [1.29, 1.82) is 0 Å². The average Bonchev–Trinajstić information content (AvgIpc) is 2.62. The third-order valence-corrected chi connectivity index (χ3v) is 2.81. The Morgan fingerprint density at radius 2 is 2.08 bits per heavy atom. The molecule has 1 nitrogen and oxygen atoms in total. The van der Waals surface area contributed by atoms with Crippen molar-refractivity contribution in [2.45, 2.75) is 25.3 Å². The lowest BCUT2D eigenvalue weighted by Gasteiger charge is -2.09. The predicted molar refractivity (Wildman–Crippen MR) is 56.2 cm³/mol. The highest BCUT2D eigenvalue weighted by Gasteiger charge is 2.13. The van der Waals surface area contributed by atoms with Gasteiger partial charge in [-0.1, -0.05) is 23.7 Å². The summed E-state index contributed by atoms with van der Waals surface area (Å²) in [5.74, 6) is 0. The van der Waals surface area contributed by atoms with E-state index in [1.165, 1.54) is 24.9 Å². The van der Waals surface area contributed by atoms with Crippen LogP contribution in [-0.4, -0.2) is 12.6 Å². The van der Waals surface area contributed by atoms with Crippen molar-refractivity contribution in [1.82, 2.24) is 5.32 Å². The van der Waals surface area contributed by atoms with Gasteiger partial charge in [0.2, 0.25) is 0 Å². The number of hydrogen-bond donors (Lipinski definition) is 1. The first-order chi connectivity index (χ1) is 6.34. The molecule has 1 aromatic carbocycles. The molecule has 0 aromatic heterocycles. The topological polar surface area (TPSA) is 12.0 Å². The van der Waals surface area contributed by atoms with E-state index in [1.807, 2.05) is 12.1 Å². The molecule has 0 bridgehead atoms. The van der Waals surface area contributed by atoms with E-state index in [0.29, 0.717) is 6.04 Å². The van der Waals surface area contributed by atoms with Gasteiger partial charge in [0.25, 0.3) is 0 Å². The van der Waals surface area contributed by atoms with Gasteiger partial charge in [0, 0.05) is 11.1 Å². The van der Waals surface area contributed by atoms with Crippen LogP contribution in [0.4, 0.5) is 0 Å². The fourth-order valence-corrected chi connectivity index (χ4v) is 1.96. The van der Waals surface area contributed by atoms with Gasteiger partial charge in [0.1, 0.15) is 0 Å². The molecule has 1 heterocycles. The fourth-order valence-electron chi connectivity index (χ4n) is 1.84. The van der Waals surface area contributed by atoms with Gasteiger partial charge in [-0.2, -0.15) is 0 Å². The summed E-state index contributed by atoms with van der Waals surface area (Å²) in [7, 11) is 0.